The number of hydrogen-bond acceptors (Lipinski definition) is 6. The number of hydrogen-bond donors (Lipinski definition) is 1. The molecule has 0 amide bonds. The topological polar surface area (TPSA) is 82.7 Å². The number of halogens is 1. The minimum Gasteiger partial charge on any atom is -0.474 e. The Bertz CT molecular complexity index is 412. The summed E-state index contributed by atoms with van der Waals surface area (Å²) in [6.45, 7) is 2.90. The highest BCUT2D eigenvalue weighted by Crippen LogP contribution is 2.10. The highest BCUT2D eigenvalue weighted by atomic mass is 127. The molecule has 1 aromatic rings. The van der Waals surface area contributed by atoms with E-state index in [4.69, 9.17) is 18.9 Å². The zero-order valence-electron chi connectivity index (χ0n) is 10.7. The lowest BCUT2D eigenvalue weighted by Gasteiger charge is -2.07. The number of aromatic amines is 1. The van der Waals surface area contributed by atoms with Crippen LogP contribution in [0.4, 0.5) is 0 Å². The summed E-state index contributed by atoms with van der Waals surface area (Å²) in [6, 6.07) is 0. The van der Waals surface area contributed by atoms with Crippen molar-refractivity contribution in [2.45, 2.75) is 0 Å². The van der Waals surface area contributed by atoms with Crippen molar-refractivity contribution in [3.63, 3.8) is 0 Å². The van der Waals surface area contributed by atoms with Gasteiger partial charge in [0.25, 0.3) is 5.56 Å². The predicted molar refractivity (Wildman–Crippen MR) is 76.6 cm³/mol. The van der Waals surface area contributed by atoms with Crippen molar-refractivity contribution in [1.82, 2.24) is 9.97 Å². The molecule has 0 aliphatic heterocycles. The summed E-state index contributed by atoms with van der Waals surface area (Å²) in [5.74, 6) is 0.323. The lowest BCUT2D eigenvalue weighted by molar-refractivity contribution is 0.0176. The SMILES string of the molecule is COCCOCCOCCOc1nc[nH]c(=O)c1I. The highest BCUT2D eigenvalue weighted by Gasteiger charge is 2.05. The number of rotatable bonds is 10. The van der Waals surface area contributed by atoms with Crippen molar-refractivity contribution in [1.29, 1.82) is 0 Å². The number of ether oxygens (including phenoxy) is 4. The Morgan fingerprint density at radius 1 is 1.16 bits per heavy atom. The van der Waals surface area contributed by atoms with E-state index >= 15 is 0 Å². The Hall–Kier alpha value is -0.710. The molecule has 0 atom stereocenters. The molecule has 1 N–H and O–H groups in total. The van der Waals surface area contributed by atoms with Crippen molar-refractivity contribution >= 4 is 22.6 Å². The number of nitrogens with zero attached hydrogens (tertiary/aromatic N) is 1. The molecule has 0 aliphatic carbocycles. The smallest absolute Gasteiger partial charge is 0.268 e. The van der Waals surface area contributed by atoms with E-state index in [0.717, 1.165) is 0 Å². The zero-order chi connectivity index (χ0) is 13.9. The van der Waals surface area contributed by atoms with Gasteiger partial charge in [0.1, 0.15) is 10.2 Å². The quantitative estimate of drug-likeness (QED) is 0.466. The highest BCUT2D eigenvalue weighted by molar-refractivity contribution is 14.1. The van der Waals surface area contributed by atoms with Gasteiger partial charge in [0, 0.05) is 7.11 Å². The summed E-state index contributed by atoms with van der Waals surface area (Å²) in [5, 5.41) is 0. The van der Waals surface area contributed by atoms with E-state index in [2.05, 4.69) is 9.97 Å². The van der Waals surface area contributed by atoms with E-state index in [1.54, 1.807) is 7.11 Å². The molecule has 1 rings (SSSR count). The molecule has 0 unspecified atom stereocenters. The van der Waals surface area contributed by atoms with Crippen LogP contribution in [0.3, 0.4) is 0 Å². The molecule has 0 radical (unpaired) electrons. The molecular formula is C11H17IN2O5. The second-order valence-electron chi connectivity index (χ2n) is 3.42. The number of methoxy groups -OCH3 is 1. The fourth-order valence-corrected chi connectivity index (χ4v) is 1.58. The molecule has 0 bridgehead atoms. The first-order valence-corrected chi connectivity index (χ1v) is 6.84. The first-order valence-electron chi connectivity index (χ1n) is 5.76. The fraction of sp³-hybridized carbons (Fsp3) is 0.636. The Morgan fingerprint density at radius 2 is 1.79 bits per heavy atom. The average molecular weight is 384 g/mol. The Balaban J connectivity index is 2.05. The first kappa shape index (κ1) is 16.3. The molecule has 1 heterocycles. The van der Waals surface area contributed by atoms with Gasteiger partial charge >= 0.3 is 0 Å². The molecule has 19 heavy (non-hydrogen) atoms. The summed E-state index contributed by atoms with van der Waals surface area (Å²) in [5.41, 5.74) is -0.210. The van der Waals surface area contributed by atoms with E-state index in [9.17, 15) is 4.79 Å². The normalized spacial score (nSPS) is 10.6. The third-order valence-corrected chi connectivity index (χ3v) is 2.99. The van der Waals surface area contributed by atoms with Gasteiger partial charge in [-0.3, -0.25) is 4.79 Å². The Labute approximate surface area is 124 Å². The van der Waals surface area contributed by atoms with Crippen LogP contribution in [0, 0.1) is 3.57 Å². The van der Waals surface area contributed by atoms with E-state index in [1.807, 2.05) is 22.6 Å². The van der Waals surface area contributed by atoms with Gasteiger partial charge < -0.3 is 23.9 Å². The first-order chi connectivity index (χ1) is 9.25. The Morgan fingerprint density at radius 3 is 2.47 bits per heavy atom. The lowest BCUT2D eigenvalue weighted by Crippen LogP contribution is -2.16. The number of H-pyrrole nitrogens is 1. The van der Waals surface area contributed by atoms with Crippen molar-refractivity contribution in [2.75, 3.05) is 46.8 Å². The van der Waals surface area contributed by atoms with Crippen molar-refractivity contribution in [2.24, 2.45) is 0 Å². The van der Waals surface area contributed by atoms with Crippen LogP contribution in [0.2, 0.25) is 0 Å². The molecule has 108 valence electrons. The van der Waals surface area contributed by atoms with Gasteiger partial charge in [0.15, 0.2) is 0 Å². The van der Waals surface area contributed by atoms with E-state index < -0.39 is 0 Å². The molecule has 1 aromatic heterocycles. The lowest BCUT2D eigenvalue weighted by atomic mass is 10.6. The number of aromatic nitrogens is 2. The minimum atomic E-state index is -0.210. The minimum absolute atomic E-state index is 0.210. The molecule has 0 spiro atoms. The van der Waals surface area contributed by atoms with Crippen LogP contribution in [0.5, 0.6) is 5.88 Å². The second-order valence-corrected chi connectivity index (χ2v) is 4.50. The molecule has 0 saturated heterocycles. The monoisotopic (exact) mass is 384 g/mol. The van der Waals surface area contributed by atoms with Crippen LogP contribution in [0.15, 0.2) is 11.1 Å². The summed E-state index contributed by atoms with van der Waals surface area (Å²) >= 11 is 1.89. The van der Waals surface area contributed by atoms with Crippen molar-refractivity contribution in [3.8, 4) is 5.88 Å². The largest absolute Gasteiger partial charge is 0.474 e. The molecule has 0 saturated carbocycles. The predicted octanol–water partition coefficient (Wildman–Crippen LogP) is 0.433. The van der Waals surface area contributed by atoms with Crippen LogP contribution in [0.1, 0.15) is 0 Å². The van der Waals surface area contributed by atoms with Gasteiger partial charge in [-0.25, -0.2) is 4.98 Å². The summed E-state index contributed by atoms with van der Waals surface area (Å²) in [4.78, 5) is 17.6. The standard InChI is InChI=1S/C11H17IN2O5/c1-16-2-3-17-4-5-18-6-7-19-11-9(12)10(15)13-8-14-11/h8H,2-7H2,1H3,(H,13,14,15). The van der Waals surface area contributed by atoms with Crippen molar-refractivity contribution < 1.29 is 18.9 Å². The second kappa shape index (κ2) is 10.1. The molecule has 7 nitrogen and oxygen atoms in total. The van der Waals surface area contributed by atoms with Crippen LogP contribution in [-0.2, 0) is 14.2 Å². The van der Waals surface area contributed by atoms with E-state index in [1.165, 1.54) is 6.33 Å². The maximum Gasteiger partial charge on any atom is 0.268 e. The van der Waals surface area contributed by atoms with Crippen LogP contribution >= 0.6 is 22.6 Å². The molecular weight excluding hydrogens is 367 g/mol. The molecule has 8 heteroatoms. The molecule has 0 fully saturated rings. The van der Waals surface area contributed by atoms with Gasteiger partial charge in [0.2, 0.25) is 5.88 Å². The summed E-state index contributed by atoms with van der Waals surface area (Å²) < 4.78 is 21.1. The van der Waals surface area contributed by atoms with Gasteiger partial charge in [-0.05, 0) is 22.6 Å². The van der Waals surface area contributed by atoms with Crippen molar-refractivity contribution in [3.05, 3.63) is 20.3 Å². The molecule has 0 aromatic carbocycles. The van der Waals surface area contributed by atoms with E-state index in [0.29, 0.717) is 49.1 Å². The maximum absolute atomic E-state index is 11.3. The van der Waals surface area contributed by atoms with Crippen LogP contribution < -0.4 is 10.3 Å². The van der Waals surface area contributed by atoms with Crippen LogP contribution in [0.25, 0.3) is 0 Å². The average Bonchev–Trinajstić information content (AvgIpc) is 2.41. The van der Waals surface area contributed by atoms with E-state index in [-0.39, 0.29) is 5.56 Å². The fourth-order valence-electron chi connectivity index (χ4n) is 1.13. The molecule has 0 aliphatic rings. The number of nitrogens with one attached hydrogen (secondary N) is 1. The summed E-state index contributed by atoms with van der Waals surface area (Å²) in [6.07, 6.45) is 1.31. The maximum atomic E-state index is 11.3. The summed E-state index contributed by atoms with van der Waals surface area (Å²) in [7, 11) is 1.63. The zero-order valence-corrected chi connectivity index (χ0v) is 12.8. The third-order valence-electron chi connectivity index (χ3n) is 2.03. The van der Waals surface area contributed by atoms with Gasteiger partial charge in [-0.1, -0.05) is 0 Å². The third kappa shape index (κ3) is 6.85. The van der Waals surface area contributed by atoms with Crippen LogP contribution in [-0.4, -0.2) is 56.7 Å². The van der Waals surface area contributed by atoms with Gasteiger partial charge in [-0.15, -0.1) is 0 Å². The van der Waals surface area contributed by atoms with Gasteiger partial charge in [0.05, 0.1) is 39.4 Å². The Kier molecular flexibility index (Phi) is 8.71. The van der Waals surface area contributed by atoms with Gasteiger partial charge in [-0.2, -0.15) is 0 Å².